The van der Waals surface area contributed by atoms with Crippen LogP contribution in [0.5, 0.6) is 5.75 Å². The largest absolute Gasteiger partial charge is 0.480 e. The smallest absolute Gasteiger partial charge is 0.226 e. The van der Waals surface area contributed by atoms with Gasteiger partial charge in [-0.25, -0.2) is 4.68 Å². The van der Waals surface area contributed by atoms with E-state index in [0.29, 0.717) is 0 Å². The Bertz CT molecular complexity index is 1310. The van der Waals surface area contributed by atoms with Crippen molar-refractivity contribution in [2.45, 2.75) is 19.1 Å². The summed E-state index contributed by atoms with van der Waals surface area (Å²) in [6.45, 7) is 2.10. The molecule has 4 aromatic rings. The van der Waals surface area contributed by atoms with E-state index in [1.807, 2.05) is 22.9 Å². The molecule has 0 saturated carbocycles. The predicted octanol–water partition coefficient (Wildman–Crippen LogP) is 5.91. The SMILES string of the molecule is Cc1ccc([C@@H]2Oc3ccccc3C3=C2[C@@H](c2ccc(Br)cc2)n2ncnc2N3)cc1. The van der Waals surface area contributed by atoms with E-state index in [-0.39, 0.29) is 12.1 Å². The average Bonchev–Trinajstić information content (AvgIpc) is 3.27. The van der Waals surface area contributed by atoms with Crippen LogP contribution in [-0.4, -0.2) is 14.8 Å². The van der Waals surface area contributed by atoms with E-state index in [9.17, 15) is 0 Å². The van der Waals surface area contributed by atoms with Gasteiger partial charge in [-0.2, -0.15) is 10.1 Å². The molecule has 0 aliphatic carbocycles. The van der Waals surface area contributed by atoms with E-state index < -0.39 is 0 Å². The number of halogens is 1. The lowest BCUT2D eigenvalue weighted by molar-refractivity contribution is 0.223. The first kappa shape index (κ1) is 18.4. The fourth-order valence-electron chi connectivity index (χ4n) is 4.40. The summed E-state index contributed by atoms with van der Waals surface area (Å²) in [5, 5.41) is 8.10. The lowest BCUT2D eigenvalue weighted by Crippen LogP contribution is -2.32. The Morgan fingerprint density at radius 1 is 0.935 bits per heavy atom. The summed E-state index contributed by atoms with van der Waals surface area (Å²) in [6.07, 6.45) is 1.35. The minimum absolute atomic E-state index is 0.137. The third-order valence-corrected chi connectivity index (χ3v) is 6.42. The molecule has 0 spiro atoms. The van der Waals surface area contributed by atoms with Gasteiger partial charge >= 0.3 is 0 Å². The number of ether oxygens (including phenoxy) is 1. The maximum absolute atomic E-state index is 6.63. The molecule has 0 fully saturated rings. The first-order valence-electron chi connectivity index (χ1n) is 10.2. The van der Waals surface area contributed by atoms with Crippen LogP contribution in [0.3, 0.4) is 0 Å². The Kier molecular flexibility index (Phi) is 4.21. The minimum Gasteiger partial charge on any atom is -0.480 e. The molecule has 1 aromatic heterocycles. The fraction of sp³-hybridized carbons (Fsp3) is 0.120. The van der Waals surface area contributed by atoms with Crippen LogP contribution in [0.15, 0.2) is 89.2 Å². The molecule has 2 aliphatic rings. The fourth-order valence-corrected chi connectivity index (χ4v) is 4.66. The molecule has 0 bridgehead atoms. The molecular formula is C25H19BrN4O. The summed E-state index contributed by atoms with van der Waals surface area (Å²) >= 11 is 3.56. The third kappa shape index (κ3) is 2.98. The molecule has 6 rings (SSSR count). The van der Waals surface area contributed by atoms with Crippen LogP contribution in [0, 0.1) is 6.92 Å². The van der Waals surface area contributed by atoms with Gasteiger partial charge in [0.15, 0.2) is 0 Å². The lowest BCUT2D eigenvalue weighted by Gasteiger charge is -2.39. The van der Waals surface area contributed by atoms with E-state index in [1.165, 1.54) is 5.56 Å². The van der Waals surface area contributed by atoms with Crippen LogP contribution in [0.2, 0.25) is 0 Å². The van der Waals surface area contributed by atoms with Gasteiger partial charge in [0, 0.05) is 15.6 Å². The first-order chi connectivity index (χ1) is 15.2. The number of fused-ring (bicyclic) bond motifs is 3. The molecule has 0 radical (unpaired) electrons. The Balaban J connectivity index is 1.62. The minimum atomic E-state index is -0.246. The number of hydrogen-bond donors (Lipinski definition) is 1. The standard InChI is InChI=1S/C25H19BrN4O/c1-15-6-8-17(9-7-15)24-21-22(19-4-2-3-5-20(19)31-24)29-25-27-14-28-30(25)23(21)16-10-12-18(26)13-11-16/h2-14,23-24H,1H3,(H,27,28,29)/t23-,24+/m1/s1. The second-order valence-electron chi connectivity index (χ2n) is 7.84. The lowest BCUT2D eigenvalue weighted by atomic mass is 9.84. The van der Waals surface area contributed by atoms with Crippen molar-refractivity contribution in [3.63, 3.8) is 0 Å². The summed E-state index contributed by atoms with van der Waals surface area (Å²) in [5.74, 6) is 1.59. The zero-order valence-electron chi connectivity index (χ0n) is 16.8. The highest BCUT2D eigenvalue weighted by atomic mass is 79.9. The number of rotatable bonds is 2. The number of nitrogens with zero attached hydrogens (tertiary/aromatic N) is 3. The average molecular weight is 471 g/mol. The van der Waals surface area contributed by atoms with Gasteiger partial charge in [-0.15, -0.1) is 0 Å². The Morgan fingerprint density at radius 3 is 2.48 bits per heavy atom. The van der Waals surface area contributed by atoms with Crippen LogP contribution in [0.4, 0.5) is 5.95 Å². The topological polar surface area (TPSA) is 52.0 Å². The Hall–Kier alpha value is -3.38. The molecule has 0 saturated heterocycles. The molecule has 3 heterocycles. The van der Waals surface area contributed by atoms with Crippen molar-refractivity contribution in [2.75, 3.05) is 5.32 Å². The van der Waals surface area contributed by atoms with Gasteiger partial charge in [-0.1, -0.05) is 70.0 Å². The third-order valence-electron chi connectivity index (χ3n) is 5.89. The first-order valence-corrected chi connectivity index (χ1v) is 11.0. The quantitative estimate of drug-likeness (QED) is 0.395. The normalized spacial score (nSPS) is 19.0. The highest BCUT2D eigenvalue weighted by molar-refractivity contribution is 9.10. The molecule has 2 atom stereocenters. The second-order valence-corrected chi connectivity index (χ2v) is 8.76. The van der Waals surface area contributed by atoms with Crippen molar-refractivity contribution in [3.05, 3.63) is 111 Å². The number of anilines is 1. The van der Waals surface area contributed by atoms with Crippen LogP contribution in [0.25, 0.3) is 5.70 Å². The van der Waals surface area contributed by atoms with Crippen molar-refractivity contribution in [2.24, 2.45) is 0 Å². The van der Waals surface area contributed by atoms with Crippen LogP contribution >= 0.6 is 15.9 Å². The maximum Gasteiger partial charge on any atom is 0.226 e. The number of aromatic nitrogens is 3. The summed E-state index contributed by atoms with van der Waals surface area (Å²) < 4.78 is 9.61. The van der Waals surface area contributed by atoms with Gasteiger partial charge in [0.1, 0.15) is 24.2 Å². The van der Waals surface area contributed by atoms with Gasteiger partial charge in [0.25, 0.3) is 0 Å². The highest BCUT2D eigenvalue weighted by Crippen LogP contribution is 2.50. The number of para-hydroxylation sites is 1. The van der Waals surface area contributed by atoms with Crippen molar-refractivity contribution in [1.82, 2.24) is 14.8 Å². The molecular weight excluding hydrogens is 452 g/mol. The van der Waals surface area contributed by atoms with E-state index in [1.54, 1.807) is 6.33 Å². The molecule has 6 heteroatoms. The summed E-state index contributed by atoms with van der Waals surface area (Å²) in [6, 6.07) is 25.0. The molecule has 152 valence electrons. The van der Waals surface area contributed by atoms with Crippen LogP contribution in [-0.2, 0) is 0 Å². The molecule has 1 N–H and O–H groups in total. The molecule has 5 nitrogen and oxygen atoms in total. The summed E-state index contributed by atoms with van der Waals surface area (Å²) in [4.78, 5) is 4.48. The summed E-state index contributed by atoms with van der Waals surface area (Å²) in [7, 11) is 0. The Labute approximate surface area is 188 Å². The molecule has 31 heavy (non-hydrogen) atoms. The number of benzene rings is 3. The van der Waals surface area contributed by atoms with Gasteiger partial charge in [0.05, 0.1) is 5.70 Å². The zero-order valence-corrected chi connectivity index (χ0v) is 18.4. The monoisotopic (exact) mass is 470 g/mol. The number of hydrogen-bond acceptors (Lipinski definition) is 4. The maximum atomic E-state index is 6.63. The van der Waals surface area contributed by atoms with E-state index >= 15 is 0 Å². The van der Waals surface area contributed by atoms with Gasteiger partial charge < -0.3 is 10.1 Å². The van der Waals surface area contributed by atoms with Crippen molar-refractivity contribution < 1.29 is 4.74 Å². The van der Waals surface area contributed by atoms with Crippen molar-refractivity contribution in [1.29, 1.82) is 0 Å². The molecule has 3 aromatic carbocycles. The van der Waals surface area contributed by atoms with E-state index in [4.69, 9.17) is 4.74 Å². The molecule has 2 aliphatic heterocycles. The van der Waals surface area contributed by atoms with Gasteiger partial charge in [-0.05, 0) is 42.3 Å². The second kappa shape index (κ2) is 7.10. The highest BCUT2D eigenvalue weighted by Gasteiger charge is 2.40. The molecule has 0 unspecified atom stereocenters. The predicted molar refractivity (Wildman–Crippen MR) is 124 cm³/mol. The van der Waals surface area contributed by atoms with Crippen molar-refractivity contribution >= 4 is 27.6 Å². The van der Waals surface area contributed by atoms with Gasteiger partial charge in [0.2, 0.25) is 5.95 Å². The van der Waals surface area contributed by atoms with Gasteiger partial charge in [-0.3, -0.25) is 0 Å². The van der Waals surface area contributed by atoms with E-state index in [2.05, 4.69) is 92.9 Å². The summed E-state index contributed by atoms with van der Waals surface area (Å²) in [5.41, 5.74) is 6.67. The van der Waals surface area contributed by atoms with E-state index in [0.717, 1.165) is 44.1 Å². The zero-order chi connectivity index (χ0) is 20.9. The number of nitrogens with one attached hydrogen (secondary N) is 1. The number of aryl methyl sites for hydroxylation is 1. The van der Waals surface area contributed by atoms with Crippen LogP contribution in [0.1, 0.15) is 34.4 Å². The van der Waals surface area contributed by atoms with Crippen molar-refractivity contribution in [3.8, 4) is 5.75 Å². The van der Waals surface area contributed by atoms with Crippen LogP contribution < -0.4 is 10.1 Å². The molecule has 0 amide bonds. The Morgan fingerprint density at radius 2 is 1.68 bits per heavy atom.